The molecule has 1 amide bonds. The number of anilines is 1. The molecular weight excluding hydrogens is 384 g/mol. The fraction of sp³-hybridized carbons (Fsp3) is 0.318. The molecule has 0 spiro atoms. The van der Waals surface area contributed by atoms with Crippen molar-refractivity contribution in [3.8, 4) is 17.2 Å². The molecule has 1 atom stereocenters. The first-order valence-corrected chi connectivity index (χ1v) is 9.88. The van der Waals surface area contributed by atoms with Crippen molar-refractivity contribution in [1.29, 1.82) is 0 Å². The molecule has 1 saturated heterocycles. The summed E-state index contributed by atoms with van der Waals surface area (Å²) >= 11 is 0. The number of carbonyl (C=O) groups excluding carboxylic acids is 1. The van der Waals surface area contributed by atoms with Crippen molar-refractivity contribution in [3.05, 3.63) is 65.1 Å². The Hall–Kier alpha value is -3.55. The van der Waals surface area contributed by atoms with Gasteiger partial charge in [-0.2, -0.15) is 5.10 Å². The Labute approximate surface area is 174 Å². The third kappa shape index (κ3) is 3.94. The highest BCUT2D eigenvalue weighted by molar-refractivity contribution is 5.80. The van der Waals surface area contributed by atoms with Gasteiger partial charge in [-0.1, -0.05) is 0 Å². The number of methoxy groups -OCH3 is 1. The zero-order valence-electron chi connectivity index (χ0n) is 17.0. The number of rotatable bonds is 5. The number of carbonyl (C=O) groups is 1. The molecule has 1 unspecified atom stereocenters. The molecule has 0 N–H and O–H groups in total. The van der Waals surface area contributed by atoms with Crippen molar-refractivity contribution >= 4 is 11.6 Å². The predicted molar refractivity (Wildman–Crippen MR) is 113 cm³/mol. The van der Waals surface area contributed by atoms with Gasteiger partial charge in [0.25, 0.3) is 5.56 Å². The van der Waals surface area contributed by atoms with Gasteiger partial charge in [-0.15, -0.1) is 0 Å². The summed E-state index contributed by atoms with van der Waals surface area (Å²) in [5.74, 6) is 1.25. The van der Waals surface area contributed by atoms with E-state index >= 15 is 0 Å². The number of benzene rings is 1. The van der Waals surface area contributed by atoms with Crippen molar-refractivity contribution < 1.29 is 13.9 Å². The molecule has 3 heterocycles. The standard InChI is InChI=1S/C22H24N4O4/c1-16(26-21(27)10-9-19(23-26)20-4-3-15-30-20)22(28)25-13-11-24(12-14-25)17-5-7-18(29-2)8-6-17/h3-10,15-16H,11-14H2,1-2H3. The highest BCUT2D eigenvalue weighted by Gasteiger charge is 2.27. The van der Waals surface area contributed by atoms with Crippen LogP contribution >= 0.6 is 0 Å². The van der Waals surface area contributed by atoms with Crippen LogP contribution in [0, 0.1) is 0 Å². The summed E-state index contributed by atoms with van der Waals surface area (Å²) in [6.07, 6.45) is 1.54. The molecule has 0 bridgehead atoms. The van der Waals surface area contributed by atoms with Gasteiger partial charge < -0.3 is 19.0 Å². The number of furan rings is 1. The largest absolute Gasteiger partial charge is 0.497 e. The lowest BCUT2D eigenvalue weighted by Crippen LogP contribution is -2.51. The van der Waals surface area contributed by atoms with Crippen LogP contribution in [0.5, 0.6) is 5.75 Å². The van der Waals surface area contributed by atoms with Crippen molar-refractivity contribution in [2.24, 2.45) is 0 Å². The van der Waals surface area contributed by atoms with Gasteiger partial charge >= 0.3 is 0 Å². The summed E-state index contributed by atoms with van der Waals surface area (Å²) < 4.78 is 11.8. The van der Waals surface area contributed by atoms with E-state index in [1.807, 2.05) is 24.3 Å². The lowest BCUT2D eigenvalue weighted by molar-refractivity contribution is -0.135. The molecule has 1 aliphatic heterocycles. The minimum Gasteiger partial charge on any atom is -0.497 e. The number of piperazine rings is 1. The van der Waals surface area contributed by atoms with Crippen molar-refractivity contribution in [1.82, 2.24) is 14.7 Å². The van der Waals surface area contributed by atoms with E-state index in [0.717, 1.165) is 24.5 Å². The normalized spacial score (nSPS) is 15.1. The Kier molecular flexibility index (Phi) is 5.56. The van der Waals surface area contributed by atoms with E-state index in [1.54, 1.807) is 43.4 Å². The van der Waals surface area contributed by atoms with E-state index in [4.69, 9.17) is 9.15 Å². The van der Waals surface area contributed by atoms with Crippen molar-refractivity contribution in [2.45, 2.75) is 13.0 Å². The molecule has 2 aromatic heterocycles. The molecule has 0 aliphatic carbocycles. The SMILES string of the molecule is COc1ccc(N2CCN(C(=O)C(C)n3nc(-c4ccco4)ccc3=O)CC2)cc1. The number of hydrogen-bond acceptors (Lipinski definition) is 6. The van der Waals surface area contributed by atoms with Crippen LogP contribution in [0.3, 0.4) is 0 Å². The lowest BCUT2D eigenvalue weighted by atomic mass is 10.2. The van der Waals surface area contributed by atoms with Crippen LogP contribution in [-0.4, -0.2) is 53.9 Å². The maximum absolute atomic E-state index is 13.0. The highest BCUT2D eigenvalue weighted by Crippen LogP contribution is 2.21. The van der Waals surface area contributed by atoms with E-state index in [-0.39, 0.29) is 11.5 Å². The molecule has 1 fully saturated rings. The van der Waals surface area contributed by atoms with Crippen molar-refractivity contribution in [3.63, 3.8) is 0 Å². The minimum atomic E-state index is -0.694. The third-order valence-electron chi connectivity index (χ3n) is 5.35. The number of aromatic nitrogens is 2. The number of ether oxygens (including phenoxy) is 1. The Morgan fingerprint density at radius 2 is 1.80 bits per heavy atom. The summed E-state index contributed by atoms with van der Waals surface area (Å²) in [5, 5.41) is 4.35. The van der Waals surface area contributed by atoms with Gasteiger partial charge in [-0.05, 0) is 49.4 Å². The lowest BCUT2D eigenvalue weighted by Gasteiger charge is -2.37. The fourth-order valence-electron chi connectivity index (χ4n) is 3.61. The molecule has 4 rings (SSSR count). The van der Waals surface area contributed by atoms with Crippen LogP contribution in [0.2, 0.25) is 0 Å². The van der Waals surface area contributed by atoms with Gasteiger partial charge in [-0.3, -0.25) is 9.59 Å². The summed E-state index contributed by atoms with van der Waals surface area (Å²) in [4.78, 5) is 29.4. The van der Waals surface area contributed by atoms with E-state index in [0.29, 0.717) is 24.5 Å². The molecule has 8 nitrogen and oxygen atoms in total. The maximum Gasteiger partial charge on any atom is 0.267 e. The summed E-state index contributed by atoms with van der Waals surface area (Å²) in [6.45, 7) is 4.32. The van der Waals surface area contributed by atoms with Crippen LogP contribution in [0.15, 0.2) is 64.0 Å². The quantitative estimate of drug-likeness (QED) is 0.645. The smallest absolute Gasteiger partial charge is 0.267 e. The second-order valence-corrected chi connectivity index (χ2v) is 7.17. The van der Waals surface area contributed by atoms with Crippen LogP contribution in [0.1, 0.15) is 13.0 Å². The second kappa shape index (κ2) is 8.44. The topological polar surface area (TPSA) is 80.8 Å². The van der Waals surface area contributed by atoms with Gasteiger partial charge in [0.15, 0.2) is 5.76 Å². The monoisotopic (exact) mass is 408 g/mol. The number of hydrogen-bond donors (Lipinski definition) is 0. The van der Waals surface area contributed by atoms with Gasteiger partial charge in [0.2, 0.25) is 5.91 Å². The molecule has 156 valence electrons. The molecule has 1 aliphatic rings. The Morgan fingerprint density at radius 1 is 1.07 bits per heavy atom. The van der Waals surface area contributed by atoms with Gasteiger partial charge in [0.1, 0.15) is 17.5 Å². The zero-order chi connectivity index (χ0) is 21.1. The molecule has 30 heavy (non-hydrogen) atoms. The first kappa shape index (κ1) is 19.8. The summed E-state index contributed by atoms with van der Waals surface area (Å²) in [6, 6.07) is 13.7. The van der Waals surface area contributed by atoms with Gasteiger partial charge in [0.05, 0.1) is 13.4 Å². The third-order valence-corrected chi connectivity index (χ3v) is 5.35. The zero-order valence-corrected chi connectivity index (χ0v) is 17.0. The van der Waals surface area contributed by atoms with Crippen molar-refractivity contribution in [2.75, 3.05) is 38.2 Å². The fourth-order valence-corrected chi connectivity index (χ4v) is 3.61. The van der Waals surface area contributed by atoms with Crippen LogP contribution in [0.25, 0.3) is 11.5 Å². The van der Waals surface area contributed by atoms with Crippen LogP contribution in [0.4, 0.5) is 5.69 Å². The molecule has 0 radical (unpaired) electrons. The number of amides is 1. The first-order valence-electron chi connectivity index (χ1n) is 9.88. The minimum absolute atomic E-state index is 0.115. The predicted octanol–water partition coefficient (Wildman–Crippen LogP) is 2.42. The first-order chi connectivity index (χ1) is 14.6. The molecule has 1 aromatic carbocycles. The second-order valence-electron chi connectivity index (χ2n) is 7.17. The van der Waals surface area contributed by atoms with Crippen LogP contribution in [-0.2, 0) is 4.79 Å². The van der Waals surface area contributed by atoms with Gasteiger partial charge in [-0.25, -0.2) is 4.68 Å². The molecule has 3 aromatic rings. The van der Waals surface area contributed by atoms with E-state index in [1.165, 1.54) is 10.7 Å². The molecule has 0 saturated carbocycles. The summed E-state index contributed by atoms with van der Waals surface area (Å²) in [7, 11) is 1.64. The van der Waals surface area contributed by atoms with E-state index in [2.05, 4.69) is 10.00 Å². The van der Waals surface area contributed by atoms with Gasteiger partial charge in [0, 0.05) is 37.9 Å². The average Bonchev–Trinajstić information content (AvgIpc) is 3.34. The average molecular weight is 408 g/mol. The Balaban J connectivity index is 1.44. The molecule has 8 heteroatoms. The number of nitrogens with zero attached hydrogens (tertiary/aromatic N) is 4. The summed E-state index contributed by atoms with van der Waals surface area (Å²) in [5.41, 5.74) is 1.30. The molecular formula is C22H24N4O4. The van der Waals surface area contributed by atoms with Crippen LogP contribution < -0.4 is 15.2 Å². The Morgan fingerprint density at radius 3 is 2.43 bits per heavy atom. The van der Waals surface area contributed by atoms with E-state index in [9.17, 15) is 9.59 Å². The maximum atomic E-state index is 13.0. The Bertz CT molecular complexity index is 1050. The van der Waals surface area contributed by atoms with E-state index < -0.39 is 6.04 Å². The highest BCUT2D eigenvalue weighted by atomic mass is 16.5.